The van der Waals surface area contributed by atoms with Gasteiger partial charge in [0.25, 0.3) is 0 Å². The highest BCUT2D eigenvalue weighted by Gasteiger charge is 2.31. The quantitative estimate of drug-likeness (QED) is 0.369. The number of halogens is 4. The van der Waals surface area contributed by atoms with E-state index in [9.17, 15) is 13.2 Å². The summed E-state index contributed by atoms with van der Waals surface area (Å²) >= 11 is 3.15. The normalized spacial score (nSPS) is 12.6. The monoisotopic (exact) mass is 353 g/mol. The second-order valence-corrected chi connectivity index (χ2v) is 4.94. The van der Waals surface area contributed by atoms with Gasteiger partial charge in [-0.05, 0) is 41.1 Å². The van der Waals surface area contributed by atoms with Gasteiger partial charge in [0, 0.05) is 24.0 Å². The van der Waals surface area contributed by atoms with Gasteiger partial charge in [0.05, 0.1) is 11.3 Å². The first-order valence-corrected chi connectivity index (χ1v) is 6.67. The number of rotatable bonds is 5. The molecule has 0 radical (unpaired) electrons. The first-order valence-electron chi connectivity index (χ1n) is 5.87. The summed E-state index contributed by atoms with van der Waals surface area (Å²) in [4.78, 5) is 1.84. The maximum absolute atomic E-state index is 12.6. The molecule has 0 bridgehead atoms. The number of alkyl halides is 3. The molecule has 20 heavy (non-hydrogen) atoms. The second kappa shape index (κ2) is 6.83. The summed E-state index contributed by atoms with van der Waals surface area (Å²) in [7, 11) is 0. The van der Waals surface area contributed by atoms with Crippen LogP contribution in [-0.2, 0) is 6.18 Å². The highest BCUT2D eigenvalue weighted by atomic mass is 79.9. The van der Waals surface area contributed by atoms with E-state index in [1.54, 1.807) is 0 Å². The Labute approximate surface area is 123 Å². The Bertz CT molecular complexity index is 491. The van der Waals surface area contributed by atoms with Crippen LogP contribution in [0.4, 0.5) is 18.9 Å². The summed E-state index contributed by atoms with van der Waals surface area (Å²) in [5.41, 5.74) is 5.31. The summed E-state index contributed by atoms with van der Waals surface area (Å²) in [5, 5.41) is 11.3. The van der Waals surface area contributed by atoms with E-state index in [4.69, 9.17) is 10.9 Å². The zero-order chi connectivity index (χ0) is 15.3. The van der Waals surface area contributed by atoms with Crippen molar-refractivity contribution in [2.45, 2.75) is 19.5 Å². The fourth-order valence-corrected chi connectivity index (χ4v) is 2.32. The molecule has 3 N–H and O–H groups in total. The molecule has 0 aliphatic heterocycles. The lowest BCUT2D eigenvalue weighted by Crippen LogP contribution is -2.28. The van der Waals surface area contributed by atoms with E-state index in [0.717, 1.165) is 12.1 Å². The van der Waals surface area contributed by atoms with E-state index >= 15 is 0 Å². The number of anilines is 1. The number of nitrogens with zero attached hydrogens (tertiary/aromatic N) is 2. The molecule has 0 unspecified atom stereocenters. The largest absolute Gasteiger partial charge is 0.416 e. The van der Waals surface area contributed by atoms with Crippen LogP contribution in [0.15, 0.2) is 27.8 Å². The van der Waals surface area contributed by atoms with Crippen molar-refractivity contribution in [3.05, 3.63) is 28.2 Å². The predicted octanol–water partition coefficient (Wildman–Crippen LogP) is 3.43. The Morgan fingerprint density at radius 3 is 2.55 bits per heavy atom. The molecule has 1 aromatic rings. The molecule has 1 rings (SSSR count). The summed E-state index contributed by atoms with van der Waals surface area (Å²) in [6, 6.07) is 3.48. The Balaban J connectivity index is 2.94. The van der Waals surface area contributed by atoms with Gasteiger partial charge in [0.2, 0.25) is 0 Å². The van der Waals surface area contributed by atoms with Crippen molar-refractivity contribution in [2.75, 3.05) is 18.0 Å². The third-order valence-electron chi connectivity index (χ3n) is 2.76. The lowest BCUT2D eigenvalue weighted by atomic mass is 10.2. The van der Waals surface area contributed by atoms with Gasteiger partial charge in [-0.1, -0.05) is 5.16 Å². The molecule has 0 aliphatic rings. The van der Waals surface area contributed by atoms with Crippen LogP contribution in [0.1, 0.15) is 18.9 Å². The lowest BCUT2D eigenvalue weighted by molar-refractivity contribution is -0.137. The third-order valence-corrected chi connectivity index (χ3v) is 3.40. The second-order valence-electron chi connectivity index (χ2n) is 4.08. The Kier molecular flexibility index (Phi) is 5.67. The first kappa shape index (κ1) is 16.6. The topological polar surface area (TPSA) is 61.8 Å². The number of benzene rings is 1. The van der Waals surface area contributed by atoms with Crippen molar-refractivity contribution in [3.8, 4) is 0 Å². The number of hydrogen-bond acceptors (Lipinski definition) is 3. The van der Waals surface area contributed by atoms with Crippen molar-refractivity contribution in [1.29, 1.82) is 0 Å². The highest BCUT2D eigenvalue weighted by Crippen LogP contribution is 2.35. The number of oxime groups is 1. The van der Waals surface area contributed by atoms with E-state index in [-0.39, 0.29) is 5.84 Å². The molecule has 8 heteroatoms. The molecule has 0 saturated heterocycles. The molecule has 0 spiro atoms. The van der Waals surface area contributed by atoms with Crippen molar-refractivity contribution in [3.63, 3.8) is 0 Å². The van der Waals surface area contributed by atoms with Gasteiger partial charge in [-0.25, -0.2) is 0 Å². The van der Waals surface area contributed by atoms with Crippen LogP contribution in [0.25, 0.3) is 0 Å². The molecule has 0 aliphatic carbocycles. The predicted molar refractivity (Wildman–Crippen MR) is 75.1 cm³/mol. The van der Waals surface area contributed by atoms with Crippen LogP contribution in [0.5, 0.6) is 0 Å². The van der Waals surface area contributed by atoms with Crippen molar-refractivity contribution in [2.24, 2.45) is 10.9 Å². The molecule has 4 nitrogen and oxygen atoms in total. The smallest absolute Gasteiger partial charge is 0.409 e. The summed E-state index contributed by atoms with van der Waals surface area (Å²) < 4.78 is 38.1. The molecule has 0 fully saturated rings. The first-order chi connectivity index (χ1) is 9.29. The molecular weight excluding hydrogens is 339 g/mol. The minimum absolute atomic E-state index is 0.0754. The Morgan fingerprint density at radius 2 is 2.10 bits per heavy atom. The van der Waals surface area contributed by atoms with Crippen LogP contribution in [-0.4, -0.2) is 24.1 Å². The highest BCUT2D eigenvalue weighted by molar-refractivity contribution is 9.10. The van der Waals surface area contributed by atoms with Gasteiger partial charge in [-0.2, -0.15) is 13.2 Å². The molecule has 0 heterocycles. The molecule has 0 aromatic heterocycles. The number of nitrogens with two attached hydrogens (primary N) is 1. The number of hydrogen-bond donors (Lipinski definition) is 2. The number of amidine groups is 1. The minimum atomic E-state index is -4.37. The van der Waals surface area contributed by atoms with Crippen LogP contribution < -0.4 is 10.6 Å². The van der Waals surface area contributed by atoms with E-state index < -0.39 is 11.7 Å². The standard InChI is InChI=1S/C12H15BrF3N3O/c1-2-19(6-5-11(17)18-20)10-4-3-8(7-9(10)13)12(14,15)16/h3-4,7,20H,2,5-6H2,1H3,(H2,17,18). The van der Waals surface area contributed by atoms with Gasteiger partial charge in [-0.3, -0.25) is 0 Å². The average molecular weight is 354 g/mol. The van der Waals surface area contributed by atoms with E-state index in [0.29, 0.717) is 29.7 Å². The van der Waals surface area contributed by atoms with Gasteiger partial charge >= 0.3 is 6.18 Å². The third kappa shape index (κ3) is 4.29. The van der Waals surface area contributed by atoms with Gasteiger partial charge in [0.1, 0.15) is 5.84 Å². The van der Waals surface area contributed by atoms with E-state index in [1.165, 1.54) is 6.07 Å². The van der Waals surface area contributed by atoms with Gasteiger partial charge < -0.3 is 15.8 Å². The molecule has 112 valence electrons. The maximum Gasteiger partial charge on any atom is 0.416 e. The van der Waals surface area contributed by atoms with Crippen LogP contribution in [0.2, 0.25) is 0 Å². The van der Waals surface area contributed by atoms with Crippen molar-refractivity contribution < 1.29 is 18.4 Å². The molecular formula is C12H15BrF3N3O. The minimum Gasteiger partial charge on any atom is -0.409 e. The van der Waals surface area contributed by atoms with E-state index in [1.807, 2.05) is 11.8 Å². The Morgan fingerprint density at radius 1 is 1.45 bits per heavy atom. The van der Waals surface area contributed by atoms with Crippen molar-refractivity contribution in [1.82, 2.24) is 0 Å². The average Bonchev–Trinajstić information content (AvgIpc) is 2.39. The fraction of sp³-hybridized carbons (Fsp3) is 0.417. The van der Waals surface area contributed by atoms with E-state index in [2.05, 4.69) is 21.1 Å². The molecule has 1 aromatic carbocycles. The maximum atomic E-state index is 12.6. The fourth-order valence-electron chi connectivity index (χ4n) is 1.69. The van der Waals surface area contributed by atoms with Gasteiger partial charge in [-0.15, -0.1) is 0 Å². The van der Waals surface area contributed by atoms with Gasteiger partial charge in [0.15, 0.2) is 0 Å². The molecule has 0 saturated carbocycles. The zero-order valence-electron chi connectivity index (χ0n) is 10.8. The lowest BCUT2D eigenvalue weighted by Gasteiger charge is -2.24. The van der Waals surface area contributed by atoms with Crippen molar-refractivity contribution >= 4 is 27.5 Å². The molecule has 0 amide bonds. The van der Waals surface area contributed by atoms with Crippen LogP contribution in [0, 0.1) is 0 Å². The Hall–Kier alpha value is -1.44. The zero-order valence-corrected chi connectivity index (χ0v) is 12.4. The van der Waals surface area contributed by atoms with Crippen LogP contribution in [0.3, 0.4) is 0 Å². The SMILES string of the molecule is CCN(CC/C(N)=N/O)c1ccc(C(F)(F)F)cc1Br. The summed E-state index contributed by atoms with van der Waals surface area (Å²) in [6.07, 6.45) is -4.05. The molecule has 0 atom stereocenters. The van der Waals surface area contributed by atoms with Crippen LogP contribution >= 0.6 is 15.9 Å². The summed E-state index contributed by atoms with van der Waals surface area (Å²) in [6.45, 7) is 2.90. The summed E-state index contributed by atoms with van der Waals surface area (Å²) in [5.74, 6) is 0.0754.